The molecule has 0 saturated carbocycles. The van der Waals surface area contributed by atoms with Crippen molar-refractivity contribution in [3.63, 3.8) is 0 Å². The molecule has 0 amide bonds. The summed E-state index contributed by atoms with van der Waals surface area (Å²) in [6.07, 6.45) is 1.43. The fourth-order valence-electron chi connectivity index (χ4n) is 1.40. The largest absolute Gasteiger partial charge is 0.477 e. The van der Waals surface area contributed by atoms with Crippen LogP contribution in [0.15, 0.2) is 18.3 Å². The molecule has 0 spiro atoms. The van der Waals surface area contributed by atoms with Crippen LogP contribution in [0.1, 0.15) is 15.4 Å². The van der Waals surface area contributed by atoms with E-state index in [1.54, 1.807) is 0 Å². The number of hydrogen-bond acceptors (Lipinski definition) is 5. The van der Waals surface area contributed by atoms with E-state index in [1.165, 1.54) is 25.4 Å². The van der Waals surface area contributed by atoms with Crippen molar-refractivity contribution in [1.82, 2.24) is 9.97 Å². The van der Waals surface area contributed by atoms with Crippen LogP contribution in [0.2, 0.25) is 0 Å². The Hall–Kier alpha value is -1.86. The number of ether oxygens (including phenoxy) is 1. The first-order chi connectivity index (χ1) is 8.63. The molecule has 0 atom stereocenters. The second-order valence-electron chi connectivity index (χ2n) is 3.37. The number of hydrogen-bond donors (Lipinski definition) is 1. The van der Waals surface area contributed by atoms with Crippen molar-refractivity contribution >= 4 is 17.3 Å². The predicted molar refractivity (Wildman–Crippen MR) is 63.0 cm³/mol. The average Bonchev–Trinajstić information content (AvgIpc) is 2.74. The van der Waals surface area contributed by atoms with Crippen molar-refractivity contribution in [1.29, 1.82) is 0 Å². The van der Waals surface area contributed by atoms with E-state index in [2.05, 4.69) is 9.97 Å². The number of carboxylic acid groups (broad SMARTS) is 1. The molecular formula is C11H9FN2O3S. The van der Waals surface area contributed by atoms with E-state index < -0.39 is 11.8 Å². The van der Waals surface area contributed by atoms with Crippen LogP contribution in [0.5, 0.6) is 0 Å². The Morgan fingerprint density at radius 3 is 3.00 bits per heavy atom. The van der Waals surface area contributed by atoms with Gasteiger partial charge in [0.15, 0.2) is 5.82 Å². The number of aromatic carboxylic acids is 1. The third-order valence-corrected chi connectivity index (χ3v) is 3.23. The molecule has 0 radical (unpaired) electrons. The van der Waals surface area contributed by atoms with E-state index in [0.29, 0.717) is 0 Å². The van der Waals surface area contributed by atoms with Gasteiger partial charge in [0.05, 0.1) is 12.3 Å². The number of thiazole rings is 1. The number of carboxylic acids is 1. The highest BCUT2D eigenvalue weighted by atomic mass is 32.1. The molecule has 5 nitrogen and oxygen atoms in total. The maximum atomic E-state index is 13.5. The smallest absolute Gasteiger partial charge is 0.347 e. The Bertz CT molecular complexity index is 585. The van der Waals surface area contributed by atoms with Crippen LogP contribution >= 0.6 is 11.3 Å². The minimum absolute atomic E-state index is 0.0388. The molecule has 0 bridgehead atoms. The summed E-state index contributed by atoms with van der Waals surface area (Å²) in [7, 11) is 1.44. The van der Waals surface area contributed by atoms with Gasteiger partial charge in [0.1, 0.15) is 15.6 Å². The van der Waals surface area contributed by atoms with E-state index >= 15 is 0 Å². The molecular weight excluding hydrogens is 259 g/mol. The molecule has 0 aliphatic carbocycles. The van der Waals surface area contributed by atoms with Crippen molar-refractivity contribution in [2.45, 2.75) is 6.61 Å². The molecule has 2 heterocycles. The van der Waals surface area contributed by atoms with Gasteiger partial charge in [-0.25, -0.2) is 14.2 Å². The van der Waals surface area contributed by atoms with Crippen molar-refractivity contribution < 1.29 is 19.0 Å². The van der Waals surface area contributed by atoms with Crippen LogP contribution in [0.4, 0.5) is 4.39 Å². The lowest BCUT2D eigenvalue weighted by molar-refractivity contribution is 0.0697. The zero-order valence-corrected chi connectivity index (χ0v) is 10.2. The first kappa shape index (κ1) is 12.6. The minimum Gasteiger partial charge on any atom is -0.477 e. The number of aromatic nitrogens is 2. The second kappa shape index (κ2) is 5.19. The maximum Gasteiger partial charge on any atom is 0.347 e. The SMILES string of the molecule is COCc1nc(-c2ncccc2F)sc1C(=O)O. The average molecular weight is 268 g/mol. The molecule has 0 saturated heterocycles. The Kier molecular flexibility index (Phi) is 3.63. The minimum atomic E-state index is -1.11. The predicted octanol–water partition coefficient (Wildman–Crippen LogP) is 2.19. The molecule has 2 aromatic heterocycles. The molecule has 0 unspecified atom stereocenters. The van der Waals surface area contributed by atoms with Gasteiger partial charge in [-0.15, -0.1) is 11.3 Å². The van der Waals surface area contributed by atoms with E-state index in [1.807, 2.05) is 0 Å². The lowest BCUT2D eigenvalue weighted by Gasteiger charge is -1.96. The van der Waals surface area contributed by atoms with E-state index in [4.69, 9.17) is 9.84 Å². The Labute approximate surface area is 106 Å². The summed E-state index contributed by atoms with van der Waals surface area (Å²) in [5, 5.41) is 9.26. The summed E-state index contributed by atoms with van der Waals surface area (Å²) in [5.41, 5.74) is 0.322. The molecule has 0 aliphatic rings. The van der Waals surface area contributed by atoms with Crippen LogP contribution < -0.4 is 0 Å². The van der Waals surface area contributed by atoms with E-state index in [0.717, 1.165) is 11.3 Å². The van der Waals surface area contributed by atoms with Gasteiger partial charge >= 0.3 is 5.97 Å². The van der Waals surface area contributed by atoms with E-state index in [-0.39, 0.29) is 27.9 Å². The fourth-order valence-corrected chi connectivity index (χ4v) is 2.30. The monoisotopic (exact) mass is 268 g/mol. The van der Waals surface area contributed by atoms with Gasteiger partial charge < -0.3 is 9.84 Å². The Morgan fingerprint density at radius 1 is 1.61 bits per heavy atom. The van der Waals surface area contributed by atoms with Crippen molar-refractivity contribution in [2.75, 3.05) is 7.11 Å². The molecule has 18 heavy (non-hydrogen) atoms. The number of rotatable bonds is 4. The summed E-state index contributed by atoms with van der Waals surface area (Å²) in [6.45, 7) is 0.0621. The number of halogens is 1. The van der Waals surface area contributed by atoms with Gasteiger partial charge in [-0.2, -0.15) is 0 Å². The lowest BCUT2D eigenvalue weighted by atomic mass is 10.3. The van der Waals surface area contributed by atoms with Gasteiger partial charge in [-0.3, -0.25) is 4.98 Å². The maximum absolute atomic E-state index is 13.5. The summed E-state index contributed by atoms with van der Waals surface area (Å²) in [6, 6.07) is 2.71. The lowest BCUT2D eigenvalue weighted by Crippen LogP contribution is -1.99. The molecule has 0 aromatic carbocycles. The molecule has 7 heteroatoms. The zero-order chi connectivity index (χ0) is 13.1. The number of nitrogens with zero attached hydrogens (tertiary/aromatic N) is 2. The molecule has 94 valence electrons. The zero-order valence-electron chi connectivity index (χ0n) is 9.38. The topological polar surface area (TPSA) is 72.3 Å². The Balaban J connectivity index is 2.50. The second-order valence-corrected chi connectivity index (χ2v) is 4.37. The van der Waals surface area contributed by atoms with Crippen molar-refractivity contribution in [3.8, 4) is 10.7 Å². The number of methoxy groups -OCH3 is 1. The van der Waals surface area contributed by atoms with Gasteiger partial charge in [0.25, 0.3) is 0 Å². The van der Waals surface area contributed by atoms with Crippen LogP contribution in [-0.4, -0.2) is 28.2 Å². The third kappa shape index (κ3) is 2.36. The highest BCUT2D eigenvalue weighted by Gasteiger charge is 2.20. The van der Waals surface area contributed by atoms with E-state index in [9.17, 15) is 9.18 Å². The summed E-state index contributed by atoms with van der Waals surface area (Å²) < 4.78 is 18.4. The number of pyridine rings is 1. The number of carbonyl (C=O) groups is 1. The fraction of sp³-hybridized carbons (Fsp3) is 0.182. The van der Waals surface area contributed by atoms with Gasteiger partial charge in [-0.05, 0) is 12.1 Å². The molecule has 0 fully saturated rings. The van der Waals surface area contributed by atoms with Crippen molar-refractivity contribution in [2.24, 2.45) is 0 Å². The molecule has 0 aliphatic heterocycles. The van der Waals surface area contributed by atoms with Gasteiger partial charge in [0.2, 0.25) is 0 Å². The van der Waals surface area contributed by atoms with Crippen LogP contribution in [0.25, 0.3) is 10.7 Å². The molecule has 2 rings (SSSR count). The van der Waals surface area contributed by atoms with Gasteiger partial charge in [0, 0.05) is 13.3 Å². The normalized spacial score (nSPS) is 10.6. The standard InChI is InChI=1S/C11H9FN2O3S/c1-17-5-7-9(11(15)16)18-10(14-7)8-6(12)3-2-4-13-8/h2-4H,5H2,1H3,(H,15,16). The Morgan fingerprint density at radius 2 is 2.39 bits per heavy atom. The van der Waals surface area contributed by atoms with Crippen LogP contribution in [0, 0.1) is 5.82 Å². The van der Waals surface area contributed by atoms with Crippen LogP contribution in [-0.2, 0) is 11.3 Å². The van der Waals surface area contributed by atoms with Gasteiger partial charge in [-0.1, -0.05) is 0 Å². The first-order valence-corrected chi connectivity index (χ1v) is 5.78. The third-order valence-electron chi connectivity index (χ3n) is 2.13. The molecule has 1 N–H and O–H groups in total. The summed E-state index contributed by atoms with van der Waals surface area (Å²) in [4.78, 5) is 19.0. The molecule has 2 aromatic rings. The highest BCUT2D eigenvalue weighted by molar-refractivity contribution is 7.17. The van der Waals surface area contributed by atoms with Crippen molar-refractivity contribution in [3.05, 3.63) is 34.7 Å². The van der Waals surface area contributed by atoms with Crippen LogP contribution in [0.3, 0.4) is 0 Å². The summed E-state index contributed by atoms with van der Waals surface area (Å²) in [5.74, 6) is -1.64. The summed E-state index contributed by atoms with van der Waals surface area (Å²) >= 11 is 0.882. The first-order valence-electron chi connectivity index (χ1n) is 4.96. The quantitative estimate of drug-likeness (QED) is 0.920. The highest BCUT2D eigenvalue weighted by Crippen LogP contribution is 2.28.